The van der Waals surface area contributed by atoms with E-state index in [4.69, 9.17) is 11.6 Å². The Morgan fingerprint density at radius 3 is 2.63 bits per heavy atom. The van der Waals surface area contributed by atoms with Crippen LogP contribution < -0.4 is 0 Å². The molecule has 3 rings (SSSR count). The molecule has 1 aliphatic rings. The summed E-state index contributed by atoms with van der Waals surface area (Å²) in [5.41, 5.74) is 1.99. The van der Waals surface area contributed by atoms with Gasteiger partial charge in [0.1, 0.15) is 5.15 Å². The van der Waals surface area contributed by atoms with Crippen molar-refractivity contribution in [2.75, 3.05) is 0 Å². The Morgan fingerprint density at radius 1 is 1.16 bits per heavy atom. The summed E-state index contributed by atoms with van der Waals surface area (Å²) in [6.07, 6.45) is 7.05. The van der Waals surface area contributed by atoms with Crippen LogP contribution in [0.5, 0.6) is 0 Å². The Kier molecular flexibility index (Phi) is 3.26. The molecule has 0 radical (unpaired) electrons. The minimum atomic E-state index is 0.528. The van der Waals surface area contributed by atoms with E-state index < -0.39 is 0 Å². The third-order valence-electron chi connectivity index (χ3n) is 4.55. The van der Waals surface area contributed by atoms with Crippen molar-refractivity contribution in [1.29, 1.82) is 0 Å². The van der Waals surface area contributed by atoms with Crippen LogP contribution in [0.15, 0.2) is 30.5 Å². The molecule has 1 fully saturated rings. The zero-order valence-corrected chi connectivity index (χ0v) is 12.4. The van der Waals surface area contributed by atoms with Crippen LogP contribution in [-0.4, -0.2) is 4.98 Å². The maximum atomic E-state index is 6.12. The van der Waals surface area contributed by atoms with Crippen molar-refractivity contribution >= 4 is 22.4 Å². The van der Waals surface area contributed by atoms with Gasteiger partial charge >= 0.3 is 0 Å². The molecule has 1 saturated carbocycles. The van der Waals surface area contributed by atoms with Gasteiger partial charge in [0.25, 0.3) is 0 Å². The number of nitrogens with zero attached hydrogens (tertiary/aromatic N) is 1. The predicted octanol–water partition coefficient (Wildman–Crippen LogP) is 5.57. The van der Waals surface area contributed by atoms with Gasteiger partial charge in [0, 0.05) is 11.6 Å². The number of aromatic nitrogens is 1. The first-order valence-corrected chi connectivity index (χ1v) is 7.47. The van der Waals surface area contributed by atoms with Crippen LogP contribution in [0.3, 0.4) is 0 Å². The summed E-state index contributed by atoms with van der Waals surface area (Å²) >= 11 is 6.12. The lowest BCUT2D eigenvalue weighted by Gasteiger charge is -2.34. The minimum absolute atomic E-state index is 0.528. The number of hydrogen-bond donors (Lipinski definition) is 0. The van der Waals surface area contributed by atoms with E-state index in [0.717, 1.165) is 5.39 Å². The number of fused-ring (bicyclic) bond motifs is 1. The molecule has 0 saturated heterocycles. The van der Waals surface area contributed by atoms with Crippen LogP contribution in [0.25, 0.3) is 10.8 Å². The fourth-order valence-electron chi connectivity index (χ4n) is 3.15. The van der Waals surface area contributed by atoms with Gasteiger partial charge in [-0.25, -0.2) is 4.98 Å². The molecule has 2 aromatic rings. The summed E-state index contributed by atoms with van der Waals surface area (Å²) in [6.45, 7) is 4.77. The van der Waals surface area contributed by atoms with Crippen LogP contribution in [0, 0.1) is 5.41 Å². The third kappa shape index (κ3) is 2.62. The maximum absolute atomic E-state index is 6.12. The Bertz CT molecular complexity index is 593. The van der Waals surface area contributed by atoms with Gasteiger partial charge in [0.2, 0.25) is 0 Å². The second-order valence-corrected chi connectivity index (χ2v) is 6.88. The lowest BCUT2D eigenvalue weighted by molar-refractivity contribution is 0.224. The van der Waals surface area contributed by atoms with Crippen LogP contribution in [0.2, 0.25) is 5.15 Å². The SMILES string of the molecule is CC1(C)CCC(c2ccc3c(Cl)nccc3c2)CC1. The zero-order chi connectivity index (χ0) is 13.5. The van der Waals surface area contributed by atoms with E-state index in [2.05, 4.69) is 43.1 Å². The molecule has 1 aliphatic carbocycles. The Labute approximate surface area is 120 Å². The van der Waals surface area contributed by atoms with E-state index in [-0.39, 0.29) is 0 Å². The molecule has 0 amide bonds. The first kappa shape index (κ1) is 12.9. The Balaban J connectivity index is 1.90. The molecule has 0 bridgehead atoms. The predicted molar refractivity (Wildman–Crippen MR) is 81.7 cm³/mol. The van der Waals surface area contributed by atoms with Crippen molar-refractivity contribution in [3.05, 3.63) is 41.2 Å². The van der Waals surface area contributed by atoms with Crippen LogP contribution in [-0.2, 0) is 0 Å². The summed E-state index contributed by atoms with van der Waals surface area (Å²) in [5.74, 6) is 0.712. The van der Waals surface area contributed by atoms with Gasteiger partial charge in [0.15, 0.2) is 0 Å². The highest BCUT2D eigenvalue weighted by molar-refractivity contribution is 6.34. The van der Waals surface area contributed by atoms with E-state index >= 15 is 0 Å². The smallest absolute Gasteiger partial charge is 0.136 e. The third-order valence-corrected chi connectivity index (χ3v) is 4.85. The molecule has 19 heavy (non-hydrogen) atoms. The monoisotopic (exact) mass is 273 g/mol. The van der Waals surface area contributed by atoms with E-state index in [1.807, 2.05) is 0 Å². The van der Waals surface area contributed by atoms with Gasteiger partial charge in [0.05, 0.1) is 0 Å². The number of benzene rings is 1. The van der Waals surface area contributed by atoms with E-state index in [1.165, 1.54) is 36.6 Å². The second kappa shape index (κ2) is 4.79. The lowest BCUT2D eigenvalue weighted by atomic mass is 9.71. The van der Waals surface area contributed by atoms with Crippen LogP contribution in [0.4, 0.5) is 0 Å². The van der Waals surface area contributed by atoms with Gasteiger partial charge in [-0.3, -0.25) is 0 Å². The van der Waals surface area contributed by atoms with Crippen molar-refractivity contribution in [2.24, 2.45) is 5.41 Å². The van der Waals surface area contributed by atoms with E-state index in [1.54, 1.807) is 6.20 Å². The van der Waals surface area contributed by atoms with Crippen molar-refractivity contribution in [3.63, 3.8) is 0 Å². The topological polar surface area (TPSA) is 12.9 Å². The van der Waals surface area contributed by atoms with Crippen molar-refractivity contribution in [1.82, 2.24) is 4.98 Å². The number of rotatable bonds is 1. The molecule has 0 spiro atoms. The molecule has 1 aromatic heterocycles. The molecule has 0 N–H and O–H groups in total. The maximum Gasteiger partial charge on any atom is 0.136 e. The van der Waals surface area contributed by atoms with Crippen molar-refractivity contribution in [2.45, 2.75) is 45.4 Å². The summed E-state index contributed by atoms with van der Waals surface area (Å²) < 4.78 is 0. The van der Waals surface area contributed by atoms with Crippen molar-refractivity contribution in [3.8, 4) is 0 Å². The number of hydrogen-bond acceptors (Lipinski definition) is 1. The van der Waals surface area contributed by atoms with Gasteiger partial charge < -0.3 is 0 Å². The van der Waals surface area contributed by atoms with Crippen LogP contribution in [0.1, 0.15) is 51.0 Å². The van der Waals surface area contributed by atoms with Crippen LogP contribution >= 0.6 is 11.6 Å². The average Bonchev–Trinajstić information content (AvgIpc) is 2.38. The van der Waals surface area contributed by atoms with E-state index in [9.17, 15) is 0 Å². The minimum Gasteiger partial charge on any atom is -0.244 e. The van der Waals surface area contributed by atoms with Crippen molar-refractivity contribution < 1.29 is 0 Å². The van der Waals surface area contributed by atoms with Gasteiger partial charge in [-0.2, -0.15) is 0 Å². The molecule has 0 aliphatic heterocycles. The summed E-state index contributed by atoms with van der Waals surface area (Å²) in [7, 11) is 0. The van der Waals surface area contributed by atoms with Gasteiger partial charge in [-0.1, -0.05) is 43.6 Å². The molecule has 1 aromatic carbocycles. The second-order valence-electron chi connectivity index (χ2n) is 6.52. The molecule has 0 unspecified atom stereocenters. The molecule has 0 atom stereocenters. The average molecular weight is 274 g/mol. The van der Waals surface area contributed by atoms with Gasteiger partial charge in [-0.15, -0.1) is 0 Å². The molecule has 2 heteroatoms. The fourth-order valence-corrected chi connectivity index (χ4v) is 3.37. The highest BCUT2D eigenvalue weighted by atomic mass is 35.5. The molecular formula is C17H20ClN. The highest BCUT2D eigenvalue weighted by Crippen LogP contribution is 2.42. The fraction of sp³-hybridized carbons (Fsp3) is 0.471. The molecule has 1 nitrogen and oxygen atoms in total. The lowest BCUT2D eigenvalue weighted by Crippen LogP contribution is -2.20. The quantitative estimate of drug-likeness (QED) is 0.619. The summed E-state index contributed by atoms with van der Waals surface area (Å²) in [6, 6.07) is 8.71. The molecular weight excluding hydrogens is 254 g/mol. The van der Waals surface area contributed by atoms with Gasteiger partial charge in [-0.05, 0) is 54.0 Å². The number of halogens is 1. The molecule has 1 heterocycles. The largest absolute Gasteiger partial charge is 0.244 e. The Hall–Kier alpha value is -1.08. The molecule has 100 valence electrons. The summed E-state index contributed by atoms with van der Waals surface area (Å²) in [5, 5.41) is 2.88. The standard InChI is InChI=1S/C17H20ClN/c1-17(2)8-5-12(6-9-17)13-3-4-15-14(11-13)7-10-19-16(15)18/h3-4,7,10-12H,5-6,8-9H2,1-2H3. The highest BCUT2D eigenvalue weighted by Gasteiger charge is 2.27. The number of pyridine rings is 1. The first-order chi connectivity index (χ1) is 9.05. The summed E-state index contributed by atoms with van der Waals surface area (Å²) in [4.78, 5) is 4.13. The Morgan fingerprint density at radius 2 is 1.89 bits per heavy atom. The normalized spacial score (nSPS) is 19.7. The van der Waals surface area contributed by atoms with E-state index in [0.29, 0.717) is 16.5 Å². The first-order valence-electron chi connectivity index (χ1n) is 7.09. The zero-order valence-electron chi connectivity index (χ0n) is 11.6.